The number of hydrogen-bond acceptors (Lipinski definition) is 4. The minimum absolute atomic E-state index is 0.102. The monoisotopic (exact) mass is 376 g/mol. The summed E-state index contributed by atoms with van der Waals surface area (Å²) in [5, 5.41) is 4.03. The molecule has 0 bridgehead atoms. The van der Waals surface area contributed by atoms with E-state index in [2.05, 4.69) is 36.1 Å². The molecule has 6 heteroatoms. The van der Waals surface area contributed by atoms with Gasteiger partial charge in [-0.2, -0.15) is 0 Å². The van der Waals surface area contributed by atoms with Crippen LogP contribution >= 0.6 is 15.9 Å². The fourth-order valence-corrected chi connectivity index (χ4v) is 3.27. The van der Waals surface area contributed by atoms with Gasteiger partial charge in [-0.3, -0.25) is 4.79 Å². The van der Waals surface area contributed by atoms with Crippen LogP contribution < -0.4 is 10.2 Å². The van der Waals surface area contributed by atoms with Crippen molar-refractivity contribution in [1.29, 1.82) is 0 Å². The lowest BCUT2D eigenvalue weighted by atomic mass is 9.96. The molecule has 122 valence electrons. The zero-order valence-corrected chi connectivity index (χ0v) is 15.0. The maximum Gasteiger partial charge on any atom is 0.225 e. The number of carbonyl (C=O) groups excluding carboxylic acids is 1. The molecule has 1 aromatic carbocycles. The number of halogens is 1. The topological polar surface area (TPSA) is 58.1 Å². The third kappa shape index (κ3) is 3.80. The molecule has 2 heterocycles. The van der Waals surface area contributed by atoms with E-state index >= 15 is 0 Å². The van der Waals surface area contributed by atoms with Gasteiger partial charge in [0.05, 0.1) is 5.52 Å². The maximum atomic E-state index is 12.1. The second-order valence-corrected chi connectivity index (χ2v) is 7.21. The zero-order chi connectivity index (χ0) is 16.4. The molecule has 1 aliphatic rings. The van der Waals surface area contributed by atoms with Crippen LogP contribution in [0, 0.1) is 5.92 Å². The second kappa shape index (κ2) is 6.83. The SMILES string of the molecule is CC(C)NC(=O)C1CCN(c2ncc3cc(Br)ccc3n2)CC1. The number of nitrogens with one attached hydrogen (secondary N) is 1. The molecular formula is C17H21BrN4O. The fraction of sp³-hybridized carbons (Fsp3) is 0.471. The third-order valence-electron chi connectivity index (χ3n) is 4.11. The van der Waals surface area contributed by atoms with Gasteiger partial charge in [-0.05, 0) is 44.9 Å². The van der Waals surface area contributed by atoms with E-state index in [-0.39, 0.29) is 17.9 Å². The number of nitrogens with zero attached hydrogens (tertiary/aromatic N) is 3. The molecule has 0 radical (unpaired) electrons. The first-order valence-electron chi connectivity index (χ1n) is 8.00. The Hall–Kier alpha value is -1.69. The second-order valence-electron chi connectivity index (χ2n) is 6.30. The summed E-state index contributed by atoms with van der Waals surface area (Å²) in [6.07, 6.45) is 3.56. The highest BCUT2D eigenvalue weighted by Gasteiger charge is 2.26. The largest absolute Gasteiger partial charge is 0.354 e. The van der Waals surface area contributed by atoms with Crippen LogP contribution in [0.1, 0.15) is 26.7 Å². The van der Waals surface area contributed by atoms with Gasteiger partial charge in [0.25, 0.3) is 0 Å². The summed E-state index contributed by atoms with van der Waals surface area (Å²) >= 11 is 3.46. The lowest BCUT2D eigenvalue weighted by molar-refractivity contribution is -0.126. The molecule has 1 amide bonds. The van der Waals surface area contributed by atoms with Gasteiger partial charge in [0, 0.05) is 41.1 Å². The summed E-state index contributed by atoms with van der Waals surface area (Å²) in [7, 11) is 0. The van der Waals surface area contributed by atoms with Crippen LogP contribution in [-0.2, 0) is 4.79 Å². The highest BCUT2D eigenvalue weighted by Crippen LogP contribution is 2.23. The first-order valence-corrected chi connectivity index (χ1v) is 8.80. The Morgan fingerprint density at radius 2 is 2.09 bits per heavy atom. The Morgan fingerprint density at radius 3 is 2.78 bits per heavy atom. The molecule has 1 aliphatic heterocycles. The number of hydrogen-bond donors (Lipinski definition) is 1. The van der Waals surface area contributed by atoms with Gasteiger partial charge in [0.2, 0.25) is 11.9 Å². The van der Waals surface area contributed by atoms with E-state index in [1.165, 1.54) is 0 Å². The van der Waals surface area contributed by atoms with Crippen LogP contribution in [0.5, 0.6) is 0 Å². The van der Waals surface area contributed by atoms with E-state index in [1.54, 1.807) is 0 Å². The molecule has 0 atom stereocenters. The van der Waals surface area contributed by atoms with E-state index in [0.717, 1.165) is 47.3 Å². The lowest BCUT2D eigenvalue weighted by Gasteiger charge is -2.31. The van der Waals surface area contributed by atoms with Gasteiger partial charge in [-0.1, -0.05) is 15.9 Å². The first-order chi connectivity index (χ1) is 11.0. The number of benzene rings is 1. The van der Waals surface area contributed by atoms with Crippen LogP contribution in [-0.4, -0.2) is 35.0 Å². The summed E-state index contributed by atoms with van der Waals surface area (Å²) in [5.74, 6) is 1.02. The molecule has 0 spiro atoms. The molecule has 0 unspecified atom stereocenters. The van der Waals surface area contributed by atoms with Crippen LogP contribution in [0.15, 0.2) is 28.9 Å². The number of rotatable bonds is 3. The maximum absolute atomic E-state index is 12.1. The normalized spacial score (nSPS) is 16.1. The van der Waals surface area contributed by atoms with Crippen LogP contribution in [0.25, 0.3) is 10.9 Å². The minimum atomic E-state index is 0.102. The van der Waals surface area contributed by atoms with Crippen molar-refractivity contribution < 1.29 is 4.79 Å². The van der Waals surface area contributed by atoms with Gasteiger partial charge < -0.3 is 10.2 Å². The van der Waals surface area contributed by atoms with Crippen LogP contribution in [0.4, 0.5) is 5.95 Å². The molecule has 23 heavy (non-hydrogen) atoms. The predicted molar refractivity (Wildman–Crippen MR) is 95.5 cm³/mol. The van der Waals surface area contributed by atoms with Gasteiger partial charge in [-0.25, -0.2) is 9.97 Å². The average molecular weight is 377 g/mol. The molecule has 5 nitrogen and oxygen atoms in total. The summed E-state index contributed by atoms with van der Waals surface area (Å²) in [6.45, 7) is 5.62. The first kappa shape index (κ1) is 16.2. The van der Waals surface area contributed by atoms with Gasteiger partial charge in [0.1, 0.15) is 0 Å². The Bertz CT molecular complexity index is 711. The number of aromatic nitrogens is 2. The smallest absolute Gasteiger partial charge is 0.225 e. The fourth-order valence-electron chi connectivity index (χ4n) is 2.89. The summed E-state index contributed by atoms with van der Waals surface area (Å²) in [5.41, 5.74) is 0.942. The number of fused-ring (bicyclic) bond motifs is 1. The summed E-state index contributed by atoms with van der Waals surface area (Å²) < 4.78 is 1.03. The highest BCUT2D eigenvalue weighted by molar-refractivity contribution is 9.10. The Balaban J connectivity index is 1.68. The highest BCUT2D eigenvalue weighted by atomic mass is 79.9. The average Bonchev–Trinajstić information content (AvgIpc) is 2.54. The predicted octanol–water partition coefficient (Wildman–Crippen LogP) is 3.13. The number of anilines is 1. The molecule has 1 saturated heterocycles. The molecule has 1 aromatic heterocycles. The molecule has 0 saturated carbocycles. The van der Waals surface area contributed by atoms with Crippen molar-refractivity contribution in [1.82, 2.24) is 15.3 Å². The molecule has 1 fully saturated rings. The molecule has 3 rings (SSSR count). The van der Waals surface area contributed by atoms with E-state index in [1.807, 2.05) is 38.2 Å². The van der Waals surface area contributed by atoms with Crippen molar-refractivity contribution in [3.05, 3.63) is 28.9 Å². The molecule has 1 N–H and O–H groups in total. The summed E-state index contributed by atoms with van der Waals surface area (Å²) in [6, 6.07) is 6.19. The van der Waals surface area contributed by atoms with Gasteiger partial charge in [-0.15, -0.1) is 0 Å². The van der Waals surface area contributed by atoms with Crippen molar-refractivity contribution in [3.8, 4) is 0 Å². The third-order valence-corrected chi connectivity index (χ3v) is 4.60. The standard InChI is InChI=1S/C17H21BrN4O/c1-11(2)20-16(23)12-5-7-22(8-6-12)17-19-10-13-9-14(18)3-4-15(13)21-17/h3-4,9-12H,5-8H2,1-2H3,(H,20,23). The van der Waals surface area contributed by atoms with Crippen molar-refractivity contribution in [3.63, 3.8) is 0 Å². The van der Waals surface area contributed by atoms with Gasteiger partial charge >= 0.3 is 0 Å². The zero-order valence-electron chi connectivity index (χ0n) is 13.4. The van der Waals surface area contributed by atoms with Crippen LogP contribution in [0.2, 0.25) is 0 Å². The molecule has 2 aromatic rings. The molecular weight excluding hydrogens is 356 g/mol. The summed E-state index contributed by atoms with van der Waals surface area (Å²) in [4.78, 5) is 23.4. The Labute approximate surface area is 144 Å². The number of piperidine rings is 1. The molecule has 0 aliphatic carbocycles. The van der Waals surface area contributed by atoms with E-state index in [9.17, 15) is 4.79 Å². The minimum Gasteiger partial charge on any atom is -0.354 e. The van der Waals surface area contributed by atoms with Crippen molar-refractivity contribution in [2.75, 3.05) is 18.0 Å². The van der Waals surface area contributed by atoms with Crippen molar-refractivity contribution in [2.24, 2.45) is 5.92 Å². The Morgan fingerprint density at radius 1 is 1.35 bits per heavy atom. The van der Waals surface area contributed by atoms with E-state index in [0.29, 0.717) is 0 Å². The van der Waals surface area contributed by atoms with Gasteiger partial charge in [0.15, 0.2) is 0 Å². The number of amides is 1. The van der Waals surface area contributed by atoms with Crippen LogP contribution in [0.3, 0.4) is 0 Å². The lowest BCUT2D eigenvalue weighted by Crippen LogP contribution is -2.42. The number of carbonyl (C=O) groups is 1. The quantitative estimate of drug-likeness (QED) is 0.893. The van der Waals surface area contributed by atoms with Crippen molar-refractivity contribution in [2.45, 2.75) is 32.7 Å². The van der Waals surface area contributed by atoms with E-state index < -0.39 is 0 Å². The Kier molecular flexibility index (Phi) is 4.80. The van der Waals surface area contributed by atoms with E-state index in [4.69, 9.17) is 0 Å². The van der Waals surface area contributed by atoms with Crippen molar-refractivity contribution >= 4 is 38.7 Å².